The number of carbonyl (C=O) groups excluding carboxylic acids is 1. The summed E-state index contributed by atoms with van der Waals surface area (Å²) in [4.78, 5) is 34.4. The van der Waals surface area contributed by atoms with Crippen molar-refractivity contribution in [3.63, 3.8) is 0 Å². The van der Waals surface area contributed by atoms with Crippen LogP contribution < -0.4 is 10.5 Å². The molecule has 0 aliphatic carbocycles. The number of H-pyrrole nitrogens is 1. The number of benzene rings is 1. The van der Waals surface area contributed by atoms with Gasteiger partial charge in [0.1, 0.15) is 5.82 Å². The Morgan fingerprint density at radius 2 is 1.96 bits per heavy atom. The largest absolute Gasteiger partial charge is 0.378 e. The predicted octanol–water partition coefficient (Wildman–Crippen LogP) is 0.921. The predicted molar refractivity (Wildman–Crippen MR) is 95.0 cm³/mol. The number of morpholine rings is 1. The first kappa shape index (κ1) is 17.2. The number of nitrogens with zero attached hydrogens (tertiary/aromatic N) is 3. The number of aromatic amines is 1. The number of hydrogen-bond acceptors (Lipinski definition) is 5. The third-order valence-electron chi connectivity index (χ3n) is 4.24. The summed E-state index contributed by atoms with van der Waals surface area (Å²) in [5, 5.41) is 0. The molecule has 0 radical (unpaired) electrons. The van der Waals surface area contributed by atoms with Gasteiger partial charge in [-0.3, -0.25) is 9.59 Å². The molecule has 3 rings (SSSR count). The Kier molecular flexibility index (Phi) is 5.45. The third kappa shape index (κ3) is 4.45. The topological polar surface area (TPSA) is 78.5 Å². The molecule has 1 N–H and O–H groups in total. The molecule has 1 saturated heterocycles. The van der Waals surface area contributed by atoms with Gasteiger partial charge in [-0.05, 0) is 24.3 Å². The maximum atomic E-state index is 12.5. The first-order chi connectivity index (χ1) is 12.1. The number of ether oxygens (including phenoxy) is 1. The SMILES string of the molecule is CN(CCc1nccc(=O)[nH]1)C(=O)c1ccc(N2CCOCC2)cc1. The minimum Gasteiger partial charge on any atom is -0.378 e. The molecule has 1 amide bonds. The van der Waals surface area contributed by atoms with Gasteiger partial charge >= 0.3 is 0 Å². The van der Waals surface area contributed by atoms with Crippen LogP contribution in [-0.4, -0.2) is 60.7 Å². The average Bonchev–Trinajstić information content (AvgIpc) is 2.66. The van der Waals surface area contributed by atoms with Gasteiger partial charge in [0.15, 0.2) is 0 Å². The van der Waals surface area contributed by atoms with Crippen LogP contribution in [0.1, 0.15) is 16.2 Å². The molecule has 1 aromatic carbocycles. The van der Waals surface area contributed by atoms with E-state index in [1.165, 1.54) is 12.3 Å². The Bertz CT molecular complexity index is 766. The summed E-state index contributed by atoms with van der Waals surface area (Å²) < 4.78 is 5.36. The Balaban J connectivity index is 1.58. The van der Waals surface area contributed by atoms with Crippen molar-refractivity contribution in [1.29, 1.82) is 0 Å². The molecule has 7 nitrogen and oxygen atoms in total. The van der Waals surface area contributed by atoms with Crippen LogP contribution in [0.5, 0.6) is 0 Å². The fourth-order valence-corrected chi connectivity index (χ4v) is 2.77. The van der Waals surface area contributed by atoms with Crippen molar-refractivity contribution in [2.24, 2.45) is 0 Å². The van der Waals surface area contributed by atoms with Gasteiger partial charge in [-0.25, -0.2) is 4.98 Å². The van der Waals surface area contributed by atoms with Crippen LogP contribution in [-0.2, 0) is 11.2 Å². The number of nitrogens with one attached hydrogen (secondary N) is 1. The van der Waals surface area contributed by atoms with Crippen molar-refractivity contribution in [3.8, 4) is 0 Å². The molecule has 0 saturated carbocycles. The number of aromatic nitrogens is 2. The van der Waals surface area contributed by atoms with E-state index in [1.54, 1.807) is 11.9 Å². The fraction of sp³-hybridized carbons (Fsp3) is 0.389. The zero-order chi connectivity index (χ0) is 17.6. The molecule has 0 atom stereocenters. The minimum atomic E-state index is -0.183. The molecule has 2 aromatic rings. The highest BCUT2D eigenvalue weighted by molar-refractivity contribution is 5.94. The number of likely N-dealkylation sites (N-methyl/N-ethyl adjacent to an activating group) is 1. The van der Waals surface area contributed by atoms with E-state index in [2.05, 4.69) is 14.9 Å². The molecular formula is C18H22N4O3. The summed E-state index contributed by atoms with van der Waals surface area (Å²) in [6.45, 7) is 3.69. The lowest BCUT2D eigenvalue weighted by atomic mass is 10.1. The standard InChI is InChI=1S/C18H22N4O3/c1-21(9-7-16-19-8-6-17(23)20-16)18(24)14-2-4-15(5-3-14)22-10-12-25-13-11-22/h2-6,8H,7,9-13H2,1H3,(H,19,20,23). The number of amides is 1. The van der Waals surface area contributed by atoms with Gasteiger partial charge in [0.25, 0.3) is 11.5 Å². The summed E-state index contributed by atoms with van der Waals surface area (Å²) in [5.74, 6) is 0.529. The smallest absolute Gasteiger partial charge is 0.253 e. The second-order valence-electron chi connectivity index (χ2n) is 6.00. The third-order valence-corrected chi connectivity index (χ3v) is 4.24. The highest BCUT2D eigenvalue weighted by atomic mass is 16.5. The van der Waals surface area contributed by atoms with Crippen LogP contribution in [0.2, 0.25) is 0 Å². The highest BCUT2D eigenvalue weighted by Gasteiger charge is 2.14. The summed E-state index contributed by atoms with van der Waals surface area (Å²) in [7, 11) is 1.75. The Labute approximate surface area is 146 Å². The second kappa shape index (κ2) is 7.94. The number of hydrogen-bond donors (Lipinski definition) is 1. The zero-order valence-corrected chi connectivity index (χ0v) is 14.3. The molecule has 0 spiro atoms. The van der Waals surface area contributed by atoms with E-state index in [1.807, 2.05) is 24.3 Å². The average molecular weight is 342 g/mol. The van der Waals surface area contributed by atoms with Crippen molar-refractivity contribution in [3.05, 3.63) is 58.3 Å². The van der Waals surface area contributed by atoms with Crippen LogP contribution >= 0.6 is 0 Å². The molecule has 0 unspecified atom stereocenters. The summed E-state index contributed by atoms with van der Waals surface area (Å²) in [5.41, 5.74) is 1.57. The molecule has 1 aromatic heterocycles. The van der Waals surface area contributed by atoms with E-state index in [0.29, 0.717) is 24.4 Å². The lowest BCUT2D eigenvalue weighted by molar-refractivity contribution is 0.0796. The van der Waals surface area contributed by atoms with Gasteiger partial charge in [0.05, 0.1) is 13.2 Å². The van der Waals surface area contributed by atoms with Crippen molar-refractivity contribution in [2.75, 3.05) is 44.8 Å². The van der Waals surface area contributed by atoms with Gasteiger partial charge in [-0.1, -0.05) is 0 Å². The maximum Gasteiger partial charge on any atom is 0.253 e. The lowest BCUT2D eigenvalue weighted by Crippen LogP contribution is -2.36. The first-order valence-electron chi connectivity index (χ1n) is 8.36. The van der Waals surface area contributed by atoms with E-state index in [9.17, 15) is 9.59 Å². The number of anilines is 1. The Hall–Kier alpha value is -2.67. The van der Waals surface area contributed by atoms with Crippen LogP contribution in [0.3, 0.4) is 0 Å². The van der Waals surface area contributed by atoms with Crippen molar-refractivity contribution >= 4 is 11.6 Å². The number of rotatable bonds is 5. The molecule has 0 bridgehead atoms. The van der Waals surface area contributed by atoms with Gasteiger partial charge in [0, 0.05) is 56.6 Å². The van der Waals surface area contributed by atoms with Gasteiger partial charge < -0.3 is 19.5 Å². The molecule has 1 aliphatic rings. The monoisotopic (exact) mass is 342 g/mol. The summed E-state index contributed by atoms with van der Waals surface area (Å²) >= 11 is 0. The van der Waals surface area contributed by atoms with Crippen LogP contribution in [0.25, 0.3) is 0 Å². The molecule has 132 valence electrons. The lowest BCUT2D eigenvalue weighted by Gasteiger charge is -2.29. The van der Waals surface area contributed by atoms with Crippen LogP contribution in [0, 0.1) is 0 Å². The number of carbonyl (C=O) groups is 1. The van der Waals surface area contributed by atoms with E-state index in [4.69, 9.17) is 4.74 Å². The molecule has 2 heterocycles. The molecule has 25 heavy (non-hydrogen) atoms. The van der Waals surface area contributed by atoms with Gasteiger partial charge in [-0.2, -0.15) is 0 Å². The van der Waals surface area contributed by atoms with E-state index in [-0.39, 0.29) is 11.5 Å². The molecule has 1 fully saturated rings. The highest BCUT2D eigenvalue weighted by Crippen LogP contribution is 2.17. The zero-order valence-electron chi connectivity index (χ0n) is 14.3. The van der Waals surface area contributed by atoms with Gasteiger partial charge in [0.2, 0.25) is 0 Å². The van der Waals surface area contributed by atoms with Gasteiger partial charge in [-0.15, -0.1) is 0 Å². The van der Waals surface area contributed by atoms with Crippen molar-refractivity contribution < 1.29 is 9.53 Å². The van der Waals surface area contributed by atoms with E-state index in [0.717, 1.165) is 32.0 Å². The van der Waals surface area contributed by atoms with Crippen molar-refractivity contribution in [2.45, 2.75) is 6.42 Å². The Morgan fingerprint density at radius 3 is 2.64 bits per heavy atom. The first-order valence-corrected chi connectivity index (χ1v) is 8.36. The fourth-order valence-electron chi connectivity index (χ4n) is 2.77. The second-order valence-corrected chi connectivity index (χ2v) is 6.00. The van der Waals surface area contributed by atoms with E-state index < -0.39 is 0 Å². The molecule has 1 aliphatic heterocycles. The minimum absolute atomic E-state index is 0.0493. The molecular weight excluding hydrogens is 320 g/mol. The molecule has 7 heteroatoms. The summed E-state index contributed by atoms with van der Waals surface area (Å²) in [6.07, 6.45) is 1.98. The van der Waals surface area contributed by atoms with Crippen LogP contribution in [0.4, 0.5) is 5.69 Å². The quantitative estimate of drug-likeness (QED) is 0.874. The normalized spacial score (nSPS) is 14.4. The Morgan fingerprint density at radius 1 is 1.24 bits per heavy atom. The van der Waals surface area contributed by atoms with Crippen molar-refractivity contribution in [1.82, 2.24) is 14.9 Å². The van der Waals surface area contributed by atoms with Crippen LogP contribution in [0.15, 0.2) is 41.3 Å². The maximum absolute atomic E-state index is 12.5. The van der Waals surface area contributed by atoms with E-state index >= 15 is 0 Å². The summed E-state index contributed by atoms with van der Waals surface area (Å²) in [6, 6.07) is 9.03.